The molecular weight excluding hydrogens is 260 g/mol. The summed E-state index contributed by atoms with van der Waals surface area (Å²) in [6, 6.07) is 2.64. The van der Waals surface area contributed by atoms with Crippen molar-refractivity contribution in [2.45, 2.75) is 84.8 Å². The van der Waals surface area contributed by atoms with E-state index in [0.29, 0.717) is 12.6 Å². The van der Waals surface area contributed by atoms with Crippen molar-refractivity contribution in [3.63, 3.8) is 0 Å². The molecular formula is C18H30N2O. The molecule has 0 saturated carbocycles. The Kier molecular flexibility index (Phi) is 6.04. The Morgan fingerprint density at radius 3 is 2.76 bits per heavy atom. The van der Waals surface area contributed by atoms with E-state index in [9.17, 15) is 4.79 Å². The van der Waals surface area contributed by atoms with Gasteiger partial charge in [0, 0.05) is 30.4 Å². The second kappa shape index (κ2) is 7.79. The Morgan fingerprint density at radius 1 is 1.29 bits per heavy atom. The molecule has 1 aliphatic carbocycles. The smallest absolute Gasteiger partial charge is 0.255 e. The van der Waals surface area contributed by atoms with Crippen molar-refractivity contribution in [3.05, 3.63) is 33.2 Å². The molecule has 0 aliphatic heterocycles. The fourth-order valence-electron chi connectivity index (χ4n) is 3.05. The average Bonchev–Trinajstić information content (AvgIpc) is 2.51. The van der Waals surface area contributed by atoms with Crippen molar-refractivity contribution in [2.24, 2.45) is 0 Å². The first kappa shape index (κ1) is 16.3. The number of rotatable bonds is 7. The topological polar surface area (TPSA) is 34.0 Å². The maximum absolute atomic E-state index is 12.8. The van der Waals surface area contributed by atoms with E-state index in [1.807, 2.05) is 0 Å². The summed E-state index contributed by atoms with van der Waals surface area (Å²) in [5, 5.41) is 3.47. The molecule has 21 heavy (non-hydrogen) atoms. The van der Waals surface area contributed by atoms with Crippen LogP contribution < -0.4 is 10.9 Å². The van der Waals surface area contributed by atoms with Crippen molar-refractivity contribution in [1.82, 2.24) is 9.88 Å². The van der Waals surface area contributed by atoms with Crippen LogP contribution in [-0.4, -0.2) is 10.6 Å². The molecule has 0 spiro atoms. The number of aryl methyl sites for hydroxylation is 1. The number of fused-ring (bicyclic) bond motifs is 1. The number of unbranched alkanes of at least 4 members (excludes halogenated alkanes) is 1. The van der Waals surface area contributed by atoms with E-state index >= 15 is 0 Å². The van der Waals surface area contributed by atoms with Crippen LogP contribution >= 0.6 is 0 Å². The molecule has 1 aliphatic rings. The normalized spacial score (nSPS) is 15.8. The van der Waals surface area contributed by atoms with E-state index < -0.39 is 0 Å². The van der Waals surface area contributed by atoms with Gasteiger partial charge in [-0.05, 0) is 57.1 Å². The summed E-state index contributed by atoms with van der Waals surface area (Å²) in [6.45, 7) is 8.12. The molecule has 1 aromatic heterocycles. The molecule has 0 saturated heterocycles. The zero-order valence-corrected chi connectivity index (χ0v) is 13.9. The van der Waals surface area contributed by atoms with E-state index in [1.165, 1.54) is 24.1 Å². The van der Waals surface area contributed by atoms with E-state index in [1.54, 1.807) is 0 Å². The van der Waals surface area contributed by atoms with Gasteiger partial charge in [0.1, 0.15) is 0 Å². The minimum Gasteiger partial charge on any atom is -0.312 e. The van der Waals surface area contributed by atoms with Crippen LogP contribution in [0.25, 0.3) is 0 Å². The van der Waals surface area contributed by atoms with Crippen LogP contribution in [0, 0.1) is 0 Å². The number of hydrogen-bond donors (Lipinski definition) is 1. The molecule has 1 atom stereocenters. The highest BCUT2D eigenvalue weighted by molar-refractivity contribution is 5.29. The summed E-state index contributed by atoms with van der Waals surface area (Å²) in [6.07, 6.45) is 8.02. The number of hydrogen-bond acceptors (Lipinski definition) is 2. The molecule has 0 aromatic carbocycles. The summed E-state index contributed by atoms with van der Waals surface area (Å²) < 4.78 is 2.08. The molecule has 3 nitrogen and oxygen atoms in total. The Labute approximate surface area is 128 Å². The van der Waals surface area contributed by atoms with Gasteiger partial charge >= 0.3 is 0 Å². The third-order valence-corrected chi connectivity index (χ3v) is 4.66. The first-order valence-corrected chi connectivity index (χ1v) is 8.65. The van der Waals surface area contributed by atoms with Gasteiger partial charge in [0.25, 0.3) is 5.56 Å². The number of nitrogens with zero attached hydrogens (tertiary/aromatic N) is 1. The van der Waals surface area contributed by atoms with Crippen molar-refractivity contribution >= 4 is 0 Å². The highest BCUT2D eigenvalue weighted by Crippen LogP contribution is 2.21. The predicted molar refractivity (Wildman–Crippen MR) is 88.8 cm³/mol. The van der Waals surface area contributed by atoms with Crippen LogP contribution in [-0.2, 0) is 25.9 Å². The Balaban J connectivity index is 2.30. The Morgan fingerprint density at radius 2 is 2.05 bits per heavy atom. The second-order valence-electron chi connectivity index (χ2n) is 6.35. The highest BCUT2D eigenvalue weighted by Gasteiger charge is 2.17. The predicted octanol–water partition coefficient (Wildman–Crippen LogP) is 3.42. The van der Waals surface area contributed by atoms with Gasteiger partial charge in [-0.1, -0.05) is 20.3 Å². The fourth-order valence-corrected chi connectivity index (χ4v) is 3.05. The standard InChI is InChI=1S/C18H30N2O/c1-4-6-11-20-17-10-8-7-9-15(17)12-16(18(20)21)13-19-14(3)5-2/h12,14,19H,4-11,13H2,1-3H3. The zero-order valence-electron chi connectivity index (χ0n) is 13.9. The van der Waals surface area contributed by atoms with Crippen molar-refractivity contribution in [1.29, 1.82) is 0 Å². The molecule has 1 aromatic rings. The summed E-state index contributed by atoms with van der Waals surface area (Å²) in [4.78, 5) is 12.8. The maximum atomic E-state index is 12.8. The summed E-state index contributed by atoms with van der Waals surface area (Å²) in [5.41, 5.74) is 3.91. The molecule has 0 amide bonds. The van der Waals surface area contributed by atoms with Gasteiger partial charge < -0.3 is 9.88 Å². The summed E-state index contributed by atoms with van der Waals surface area (Å²) in [5.74, 6) is 0. The van der Waals surface area contributed by atoms with Crippen LogP contribution in [0.1, 0.15) is 69.7 Å². The van der Waals surface area contributed by atoms with Crippen molar-refractivity contribution in [2.75, 3.05) is 0 Å². The molecule has 3 heteroatoms. The van der Waals surface area contributed by atoms with Crippen LogP contribution in [0.2, 0.25) is 0 Å². The number of nitrogens with one attached hydrogen (secondary N) is 1. The van der Waals surface area contributed by atoms with Gasteiger partial charge in [0.2, 0.25) is 0 Å². The van der Waals surface area contributed by atoms with E-state index in [4.69, 9.17) is 0 Å². The molecule has 0 fully saturated rings. The number of aromatic nitrogens is 1. The minimum absolute atomic E-state index is 0.236. The number of pyridine rings is 1. The second-order valence-corrected chi connectivity index (χ2v) is 6.35. The molecule has 1 unspecified atom stereocenters. The van der Waals surface area contributed by atoms with Crippen molar-refractivity contribution in [3.8, 4) is 0 Å². The van der Waals surface area contributed by atoms with Crippen LogP contribution in [0.5, 0.6) is 0 Å². The first-order chi connectivity index (χ1) is 10.2. The highest BCUT2D eigenvalue weighted by atomic mass is 16.1. The van der Waals surface area contributed by atoms with Gasteiger partial charge in [-0.3, -0.25) is 4.79 Å². The zero-order chi connectivity index (χ0) is 15.2. The molecule has 0 bridgehead atoms. The van der Waals surface area contributed by atoms with E-state index in [2.05, 4.69) is 36.7 Å². The molecule has 1 heterocycles. The van der Waals surface area contributed by atoms with E-state index in [-0.39, 0.29) is 5.56 Å². The van der Waals surface area contributed by atoms with Gasteiger partial charge in [0.15, 0.2) is 0 Å². The SMILES string of the molecule is CCCCn1c2c(cc(CNC(C)CC)c1=O)CCCC2. The lowest BCUT2D eigenvalue weighted by Crippen LogP contribution is -2.33. The molecule has 1 N–H and O–H groups in total. The van der Waals surface area contributed by atoms with Gasteiger partial charge in [-0.25, -0.2) is 0 Å². The van der Waals surface area contributed by atoms with E-state index in [0.717, 1.165) is 44.2 Å². The third-order valence-electron chi connectivity index (χ3n) is 4.66. The molecule has 118 valence electrons. The average molecular weight is 290 g/mol. The maximum Gasteiger partial charge on any atom is 0.255 e. The lowest BCUT2D eigenvalue weighted by atomic mass is 9.94. The minimum atomic E-state index is 0.236. The van der Waals surface area contributed by atoms with Gasteiger partial charge in [-0.2, -0.15) is 0 Å². The quantitative estimate of drug-likeness (QED) is 0.835. The first-order valence-electron chi connectivity index (χ1n) is 8.65. The van der Waals surface area contributed by atoms with Crippen molar-refractivity contribution < 1.29 is 0 Å². The van der Waals surface area contributed by atoms with Crippen LogP contribution in [0.4, 0.5) is 0 Å². The monoisotopic (exact) mass is 290 g/mol. The Hall–Kier alpha value is -1.09. The lowest BCUT2D eigenvalue weighted by molar-refractivity contribution is 0.514. The van der Waals surface area contributed by atoms with Gasteiger partial charge in [0.05, 0.1) is 0 Å². The summed E-state index contributed by atoms with van der Waals surface area (Å²) in [7, 11) is 0. The fraction of sp³-hybridized carbons (Fsp3) is 0.722. The van der Waals surface area contributed by atoms with Crippen LogP contribution in [0.3, 0.4) is 0 Å². The summed E-state index contributed by atoms with van der Waals surface area (Å²) >= 11 is 0. The third kappa shape index (κ3) is 3.97. The Bertz CT molecular complexity index is 519. The molecule has 0 radical (unpaired) electrons. The lowest BCUT2D eigenvalue weighted by Gasteiger charge is -2.23. The van der Waals surface area contributed by atoms with Gasteiger partial charge in [-0.15, -0.1) is 0 Å². The molecule has 2 rings (SSSR count). The largest absolute Gasteiger partial charge is 0.312 e. The van der Waals surface area contributed by atoms with Crippen LogP contribution in [0.15, 0.2) is 10.9 Å².